The minimum absolute atomic E-state index is 0.0590. The number of nitrogens with zero attached hydrogens (tertiary/aromatic N) is 3. The second kappa shape index (κ2) is 5.81. The van der Waals surface area contributed by atoms with Crippen LogP contribution in [0.2, 0.25) is 10.2 Å². The van der Waals surface area contributed by atoms with E-state index < -0.39 is 5.97 Å². The molecule has 0 aromatic carbocycles. The summed E-state index contributed by atoms with van der Waals surface area (Å²) in [6.45, 7) is 3.52. The maximum absolute atomic E-state index is 12.0. The third-order valence-corrected chi connectivity index (χ3v) is 3.23. The largest absolute Gasteiger partial charge is 0.459 e. The van der Waals surface area contributed by atoms with Crippen molar-refractivity contribution in [3.63, 3.8) is 0 Å². The van der Waals surface area contributed by atoms with E-state index >= 15 is 0 Å². The summed E-state index contributed by atoms with van der Waals surface area (Å²) >= 11 is 12.0. The zero-order valence-corrected chi connectivity index (χ0v) is 12.7. The molecule has 0 aliphatic heterocycles. The summed E-state index contributed by atoms with van der Waals surface area (Å²) in [5.74, 6) is -0.528. The molecular formula is C13H13Cl2N3O2. The second-order valence-corrected chi connectivity index (χ2v) is 5.25. The van der Waals surface area contributed by atoms with Crippen molar-refractivity contribution in [2.75, 3.05) is 0 Å². The predicted molar refractivity (Wildman–Crippen MR) is 77.0 cm³/mol. The van der Waals surface area contributed by atoms with Crippen LogP contribution < -0.4 is 0 Å². The van der Waals surface area contributed by atoms with Crippen molar-refractivity contribution in [1.82, 2.24) is 14.8 Å². The van der Waals surface area contributed by atoms with Crippen LogP contribution in [0.5, 0.6) is 0 Å². The van der Waals surface area contributed by atoms with E-state index in [-0.39, 0.29) is 21.8 Å². The molecule has 2 aromatic rings. The van der Waals surface area contributed by atoms with Gasteiger partial charge in [0.25, 0.3) is 0 Å². The summed E-state index contributed by atoms with van der Waals surface area (Å²) in [7, 11) is 1.79. The highest BCUT2D eigenvalue weighted by molar-refractivity contribution is 6.43. The SMILES string of the molecule is CC(C)OC(=O)c1cc(-c2cnn(C)c2)nc(Cl)c1Cl. The summed E-state index contributed by atoms with van der Waals surface area (Å²) in [5, 5.41) is 4.20. The zero-order chi connectivity index (χ0) is 14.9. The molecule has 0 N–H and O–H groups in total. The number of carbonyl (C=O) groups is 1. The van der Waals surface area contributed by atoms with Crippen molar-refractivity contribution in [1.29, 1.82) is 0 Å². The first-order valence-corrected chi connectivity index (χ1v) is 6.70. The lowest BCUT2D eigenvalue weighted by Gasteiger charge is -2.10. The van der Waals surface area contributed by atoms with Gasteiger partial charge in [-0.1, -0.05) is 23.2 Å². The summed E-state index contributed by atoms with van der Waals surface area (Å²) in [6, 6.07) is 1.55. The normalized spacial score (nSPS) is 10.9. The Bertz CT molecular complexity index is 653. The van der Waals surface area contributed by atoms with Gasteiger partial charge in [0.15, 0.2) is 0 Å². The van der Waals surface area contributed by atoms with E-state index in [2.05, 4.69) is 10.1 Å². The van der Waals surface area contributed by atoms with Crippen LogP contribution in [-0.4, -0.2) is 26.8 Å². The molecule has 0 fully saturated rings. The number of pyridine rings is 1. The molecule has 0 amide bonds. The molecule has 0 radical (unpaired) electrons. The number of aromatic nitrogens is 3. The van der Waals surface area contributed by atoms with Crippen molar-refractivity contribution in [3.8, 4) is 11.3 Å². The number of rotatable bonds is 3. The van der Waals surface area contributed by atoms with Crippen LogP contribution in [-0.2, 0) is 11.8 Å². The summed E-state index contributed by atoms with van der Waals surface area (Å²) in [5.41, 5.74) is 1.45. The fourth-order valence-corrected chi connectivity index (χ4v) is 1.99. The monoisotopic (exact) mass is 313 g/mol. The molecule has 5 nitrogen and oxygen atoms in total. The van der Waals surface area contributed by atoms with E-state index in [0.29, 0.717) is 5.69 Å². The van der Waals surface area contributed by atoms with Gasteiger partial charge in [0.05, 0.1) is 28.6 Å². The number of aryl methyl sites for hydroxylation is 1. The molecular weight excluding hydrogens is 301 g/mol. The first-order chi connectivity index (χ1) is 9.38. The molecule has 106 valence electrons. The standard InChI is InChI=1S/C13H13Cl2N3O2/c1-7(2)20-13(19)9-4-10(17-12(15)11(9)14)8-5-16-18(3)6-8/h4-7H,1-3H3. The topological polar surface area (TPSA) is 57.0 Å². The molecule has 7 heteroatoms. The van der Waals surface area contributed by atoms with Gasteiger partial charge in [0, 0.05) is 18.8 Å². The van der Waals surface area contributed by atoms with Gasteiger partial charge in [0.2, 0.25) is 0 Å². The van der Waals surface area contributed by atoms with Gasteiger partial charge in [-0.3, -0.25) is 4.68 Å². The maximum atomic E-state index is 12.0. The van der Waals surface area contributed by atoms with Gasteiger partial charge in [-0.05, 0) is 19.9 Å². The van der Waals surface area contributed by atoms with Crippen LogP contribution in [0.1, 0.15) is 24.2 Å². The minimum atomic E-state index is -0.528. The molecule has 2 heterocycles. The van der Waals surface area contributed by atoms with E-state index in [9.17, 15) is 4.79 Å². The van der Waals surface area contributed by atoms with Crippen LogP contribution in [0.4, 0.5) is 0 Å². The molecule has 0 saturated carbocycles. The smallest absolute Gasteiger partial charge is 0.340 e. The van der Waals surface area contributed by atoms with Crippen LogP contribution in [0.15, 0.2) is 18.5 Å². The summed E-state index contributed by atoms with van der Waals surface area (Å²) in [4.78, 5) is 16.2. The van der Waals surface area contributed by atoms with Crippen LogP contribution in [0.25, 0.3) is 11.3 Å². The number of carbonyl (C=O) groups excluding carboxylic acids is 1. The van der Waals surface area contributed by atoms with Crippen molar-refractivity contribution in [2.45, 2.75) is 20.0 Å². The fraction of sp³-hybridized carbons (Fsp3) is 0.308. The Morgan fingerprint density at radius 2 is 2.10 bits per heavy atom. The van der Waals surface area contributed by atoms with Crippen molar-refractivity contribution in [2.24, 2.45) is 7.05 Å². The van der Waals surface area contributed by atoms with Crippen LogP contribution in [0, 0.1) is 0 Å². The Balaban J connectivity index is 2.47. The quantitative estimate of drug-likeness (QED) is 0.644. The van der Waals surface area contributed by atoms with E-state index in [0.717, 1.165) is 5.56 Å². The molecule has 0 saturated heterocycles. The van der Waals surface area contributed by atoms with Crippen molar-refractivity contribution in [3.05, 3.63) is 34.2 Å². The first kappa shape index (κ1) is 14.8. The Morgan fingerprint density at radius 3 is 2.65 bits per heavy atom. The van der Waals surface area contributed by atoms with E-state index in [4.69, 9.17) is 27.9 Å². The Labute approximate surface area is 126 Å². The van der Waals surface area contributed by atoms with E-state index in [1.165, 1.54) is 0 Å². The first-order valence-electron chi connectivity index (χ1n) is 5.94. The highest BCUT2D eigenvalue weighted by Gasteiger charge is 2.19. The highest BCUT2D eigenvalue weighted by atomic mass is 35.5. The second-order valence-electron chi connectivity index (χ2n) is 4.52. The lowest BCUT2D eigenvalue weighted by atomic mass is 10.1. The molecule has 0 bridgehead atoms. The molecule has 0 spiro atoms. The Kier molecular flexibility index (Phi) is 4.30. The molecule has 2 aromatic heterocycles. The van der Waals surface area contributed by atoms with Crippen molar-refractivity contribution >= 4 is 29.2 Å². The number of hydrogen-bond acceptors (Lipinski definition) is 4. The minimum Gasteiger partial charge on any atom is -0.459 e. The number of esters is 1. The van der Waals surface area contributed by atoms with Gasteiger partial charge < -0.3 is 4.74 Å². The Morgan fingerprint density at radius 1 is 1.40 bits per heavy atom. The van der Waals surface area contributed by atoms with E-state index in [1.807, 2.05) is 0 Å². The van der Waals surface area contributed by atoms with Gasteiger partial charge >= 0.3 is 5.97 Å². The number of hydrogen-bond donors (Lipinski definition) is 0. The highest BCUT2D eigenvalue weighted by Crippen LogP contribution is 2.29. The van der Waals surface area contributed by atoms with Gasteiger partial charge in [-0.15, -0.1) is 0 Å². The molecule has 2 rings (SSSR count). The van der Waals surface area contributed by atoms with Gasteiger partial charge in [-0.2, -0.15) is 5.10 Å². The fourth-order valence-electron chi connectivity index (χ4n) is 1.63. The summed E-state index contributed by atoms with van der Waals surface area (Å²) in [6.07, 6.45) is 3.15. The van der Waals surface area contributed by atoms with Gasteiger partial charge in [-0.25, -0.2) is 9.78 Å². The van der Waals surface area contributed by atoms with Gasteiger partial charge in [0.1, 0.15) is 5.15 Å². The molecule has 0 aliphatic carbocycles. The lowest BCUT2D eigenvalue weighted by Crippen LogP contribution is -2.12. The zero-order valence-electron chi connectivity index (χ0n) is 11.2. The summed E-state index contributed by atoms with van der Waals surface area (Å²) < 4.78 is 6.77. The average molecular weight is 314 g/mol. The number of ether oxygens (including phenoxy) is 1. The van der Waals surface area contributed by atoms with Crippen LogP contribution in [0.3, 0.4) is 0 Å². The Hall–Kier alpha value is -1.59. The van der Waals surface area contributed by atoms with Crippen LogP contribution >= 0.6 is 23.2 Å². The third kappa shape index (κ3) is 3.11. The van der Waals surface area contributed by atoms with E-state index in [1.54, 1.807) is 44.0 Å². The lowest BCUT2D eigenvalue weighted by molar-refractivity contribution is 0.0378. The maximum Gasteiger partial charge on any atom is 0.340 e. The number of halogens is 2. The molecule has 20 heavy (non-hydrogen) atoms. The molecule has 0 aliphatic rings. The molecule has 0 unspecified atom stereocenters. The third-order valence-electron chi connectivity index (χ3n) is 2.48. The van der Waals surface area contributed by atoms with Crippen molar-refractivity contribution < 1.29 is 9.53 Å². The average Bonchev–Trinajstić information content (AvgIpc) is 2.78. The molecule has 0 atom stereocenters. The predicted octanol–water partition coefficient (Wildman–Crippen LogP) is 3.35.